The summed E-state index contributed by atoms with van der Waals surface area (Å²) in [7, 11) is 0. The van der Waals surface area contributed by atoms with Gasteiger partial charge in [-0.1, -0.05) is 12.1 Å². The SMILES string of the molecule is N=C(N)CC(=O)OCc1cccc(N2CCC(C(=O)N3CCOCC3)CC2)c1F. The maximum absolute atomic E-state index is 14.9. The lowest BCUT2D eigenvalue weighted by molar-refractivity contribution is -0.143. The Kier molecular flexibility index (Phi) is 7.03. The summed E-state index contributed by atoms with van der Waals surface area (Å²) >= 11 is 0. The van der Waals surface area contributed by atoms with Crippen molar-refractivity contribution < 1.29 is 23.5 Å². The molecule has 2 heterocycles. The van der Waals surface area contributed by atoms with Crippen molar-refractivity contribution in [2.75, 3.05) is 44.3 Å². The van der Waals surface area contributed by atoms with Gasteiger partial charge in [0.15, 0.2) is 5.82 Å². The highest BCUT2D eigenvalue weighted by atomic mass is 19.1. The van der Waals surface area contributed by atoms with Crippen molar-refractivity contribution in [3.63, 3.8) is 0 Å². The molecule has 3 rings (SSSR count). The van der Waals surface area contributed by atoms with Crippen LogP contribution in [0.15, 0.2) is 18.2 Å². The zero-order valence-electron chi connectivity index (χ0n) is 16.4. The molecule has 0 saturated carbocycles. The van der Waals surface area contributed by atoms with E-state index in [4.69, 9.17) is 20.6 Å². The molecule has 0 bridgehead atoms. The van der Waals surface area contributed by atoms with Gasteiger partial charge in [0.1, 0.15) is 18.9 Å². The van der Waals surface area contributed by atoms with E-state index >= 15 is 0 Å². The van der Waals surface area contributed by atoms with Crippen molar-refractivity contribution in [3.05, 3.63) is 29.6 Å². The van der Waals surface area contributed by atoms with E-state index < -0.39 is 11.8 Å². The van der Waals surface area contributed by atoms with Crippen molar-refractivity contribution in [2.45, 2.75) is 25.9 Å². The third-order valence-corrected chi connectivity index (χ3v) is 5.29. The summed E-state index contributed by atoms with van der Waals surface area (Å²) in [6.45, 7) is 3.41. The Labute approximate surface area is 169 Å². The molecule has 0 aromatic heterocycles. The Hall–Kier alpha value is -2.68. The standard InChI is InChI=1S/C20H27FN4O4/c21-19-15(13-29-18(26)12-17(22)23)2-1-3-16(19)24-6-4-14(5-7-24)20(27)25-8-10-28-11-9-25/h1-3,14H,4-13H2,(H3,22,23). The highest BCUT2D eigenvalue weighted by molar-refractivity contribution is 5.94. The molecule has 2 aliphatic rings. The molecular weight excluding hydrogens is 379 g/mol. The van der Waals surface area contributed by atoms with Gasteiger partial charge in [-0.2, -0.15) is 0 Å². The fourth-order valence-electron chi connectivity index (χ4n) is 3.70. The molecule has 2 aliphatic heterocycles. The van der Waals surface area contributed by atoms with Gasteiger partial charge in [0.05, 0.1) is 18.9 Å². The summed E-state index contributed by atoms with van der Waals surface area (Å²) in [4.78, 5) is 28.0. The number of anilines is 1. The quantitative estimate of drug-likeness (QED) is 0.418. The number of hydrogen-bond acceptors (Lipinski definition) is 6. The molecular formula is C20H27FN4O4. The van der Waals surface area contributed by atoms with E-state index in [1.54, 1.807) is 18.2 Å². The van der Waals surface area contributed by atoms with E-state index in [0.29, 0.717) is 57.9 Å². The molecule has 3 N–H and O–H groups in total. The average molecular weight is 406 g/mol. The lowest BCUT2D eigenvalue weighted by atomic mass is 9.94. The van der Waals surface area contributed by atoms with Gasteiger partial charge in [-0.15, -0.1) is 0 Å². The second-order valence-electron chi connectivity index (χ2n) is 7.31. The number of amidine groups is 1. The molecule has 1 aromatic rings. The molecule has 2 saturated heterocycles. The number of nitrogens with two attached hydrogens (primary N) is 1. The number of piperidine rings is 1. The molecule has 0 atom stereocenters. The van der Waals surface area contributed by atoms with Crippen LogP contribution < -0.4 is 10.6 Å². The Morgan fingerprint density at radius 2 is 1.90 bits per heavy atom. The molecule has 0 aliphatic carbocycles. The predicted octanol–water partition coefficient (Wildman–Crippen LogP) is 1.27. The monoisotopic (exact) mass is 406 g/mol. The van der Waals surface area contributed by atoms with Crippen LogP contribution in [0.2, 0.25) is 0 Å². The Morgan fingerprint density at radius 3 is 2.55 bits per heavy atom. The van der Waals surface area contributed by atoms with E-state index in [1.807, 2.05) is 9.80 Å². The maximum atomic E-state index is 14.9. The summed E-state index contributed by atoms with van der Waals surface area (Å²) in [5.74, 6) is -1.26. The molecule has 158 valence electrons. The fourth-order valence-corrected chi connectivity index (χ4v) is 3.70. The molecule has 9 heteroatoms. The lowest BCUT2D eigenvalue weighted by Crippen LogP contribution is -2.47. The van der Waals surface area contributed by atoms with Gasteiger partial charge in [0.2, 0.25) is 5.91 Å². The smallest absolute Gasteiger partial charge is 0.313 e. The van der Waals surface area contributed by atoms with Crippen LogP contribution in [0.25, 0.3) is 0 Å². The molecule has 2 fully saturated rings. The number of nitrogens with zero attached hydrogens (tertiary/aromatic N) is 2. The zero-order chi connectivity index (χ0) is 20.8. The highest BCUT2D eigenvalue weighted by Gasteiger charge is 2.30. The number of morpholine rings is 1. The highest BCUT2D eigenvalue weighted by Crippen LogP contribution is 2.28. The minimum Gasteiger partial charge on any atom is -0.460 e. The van der Waals surface area contributed by atoms with Crippen LogP contribution in [-0.4, -0.2) is 62.0 Å². The summed E-state index contributed by atoms with van der Waals surface area (Å²) in [6, 6.07) is 4.98. The van der Waals surface area contributed by atoms with Gasteiger partial charge in [0, 0.05) is 37.7 Å². The normalized spacial score (nSPS) is 17.8. The van der Waals surface area contributed by atoms with Gasteiger partial charge < -0.3 is 25.0 Å². The van der Waals surface area contributed by atoms with Crippen LogP contribution in [0, 0.1) is 17.1 Å². The first kappa shape index (κ1) is 21.0. The van der Waals surface area contributed by atoms with Crippen molar-refractivity contribution in [2.24, 2.45) is 11.7 Å². The molecule has 29 heavy (non-hydrogen) atoms. The van der Waals surface area contributed by atoms with Crippen LogP contribution in [0.4, 0.5) is 10.1 Å². The number of benzene rings is 1. The van der Waals surface area contributed by atoms with E-state index in [-0.39, 0.29) is 36.3 Å². The van der Waals surface area contributed by atoms with Crippen molar-refractivity contribution in [3.8, 4) is 0 Å². The number of esters is 1. The summed E-state index contributed by atoms with van der Waals surface area (Å²) in [5, 5.41) is 7.09. The maximum Gasteiger partial charge on any atom is 0.313 e. The summed E-state index contributed by atoms with van der Waals surface area (Å²) in [5.41, 5.74) is 5.88. The van der Waals surface area contributed by atoms with Crippen molar-refractivity contribution in [1.82, 2.24) is 4.90 Å². The van der Waals surface area contributed by atoms with Crippen molar-refractivity contribution >= 4 is 23.4 Å². The van der Waals surface area contributed by atoms with Crippen LogP contribution in [0.3, 0.4) is 0 Å². The third kappa shape index (κ3) is 5.44. The van der Waals surface area contributed by atoms with Gasteiger partial charge in [0.25, 0.3) is 0 Å². The topological polar surface area (TPSA) is 109 Å². The number of halogens is 1. The number of rotatable bonds is 6. The first-order chi connectivity index (χ1) is 14.0. The Balaban J connectivity index is 1.57. The van der Waals surface area contributed by atoms with Gasteiger partial charge in [-0.25, -0.2) is 4.39 Å². The Bertz CT molecular complexity index is 759. The first-order valence-corrected chi connectivity index (χ1v) is 9.83. The van der Waals surface area contributed by atoms with E-state index in [9.17, 15) is 14.0 Å². The van der Waals surface area contributed by atoms with E-state index in [1.165, 1.54) is 0 Å². The fraction of sp³-hybridized carbons (Fsp3) is 0.550. The number of ether oxygens (including phenoxy) is 2. The van der Waals surface area contributed by atoms with E-state index in [2.05, 4.69) is 0 Å². The number of amides is 1. The van der Waals surface area contributed by atoms with Crippen LogP contribution in [0.5, 0.6) is 0 Å². The number of carbonyl (C=O) groups is 2. The zero-order valence-corrected chi connectivity index (χ0v) is 16.4. The molecule has 0 spiro atoms. The molecule has 1 amide bonds. The minimum atomic E-state index is -0.662. The van der Waals surface area contributed by atoms with Gasteiger partial charge >= 0.3 is 5.97 Å². The van der Waals surface area contributed by atoms with Gasteiger partial charge in [-0.3, -0.25) is 15.0 Å². The average Bonchev–Trinajstić information content (AvgIpc) is 2.73. The molecule has 8 nitrogen and oxygen atoms in total. The largest absolute Gasteiger partial charge is 0.460 e. The summed E-state index contributed by atoms with van der Waals surface area (Å²) < 4.78 is 25.2. The van der Waals surface area contributed by atoms with Crippen LogP contribution in [0.1, 0.15) is 24.8 Å². The molecule has 0 radical (unpaired) electrons. The number of carbonyl (C=O) groups excluding carboxylic acids is 2. The van der Waals surface area contributed by atoms with Gasteiger partial charge in [-0.05, 0) is 18.9 Å². The van der Waals surface area contributed by atoms with Crippen molar-refractivity contribution in [1.29, 1.82) is 5.41 Å². The predicted molar refractivity (Wildman–Crippen MR) is 105 cm³/mol. The van der Waals surface area contributed by atoms with Crippen LogP contribution >= 0.6 is 0 Å². The number of hydrogen-bond donors (Lipinski definition) is 2. The lowest BCUT2D eigenvalue weighted by Gasteiger charge is -2.36. The van der Waals surface area contributed by atoms with Crippen LogP contribution in [-0.2, 0) is 25.7 Å². The molecule has 0 unspecified atom stereocenters. The summed E-state index contributed by atoms with van der Waals surface area (Å²) in [6.07, 6.45) is 1.03. The van der Waals surface area contributed by atoms with E-state index in [0.717, 1.165) is 0 Å². The first-order valence-electron chi connectivity index (χ1n) is 9.83. The second-order valence-corrected chi connectivity index (χ2v) is 7.31. The second kappa shape index (κ2) is 9.69. The third-order valence-electron chi connectivity index (χ3n) is 5.29. The molecule has 1 aromatic carbocycles. The Morgan fingerprint density at radius 1 is 1.21 bits per heavy atom. The number of nitrogens with one attached hydrogen (secondary N) is 1. The minimum absolute atomic E-state index is 0.0388.